The Morgan fingerprint density at radius 1 is 0.971 bits per heavy atom. The van der Waals surface area contributed by atoms with Crippen LogP contribution in [0.1, 0.15) is 32.0 Å². The normalized spacial score (nSPS) is 10.8. The molecule has 0 saturated heterocycles. The lowest BCUT2D eigenvalue weighted by Crippen LogP contribution is -2.15. The maximum Gasteiger partial charge on any atom is 0.315 e. The highest BCUT2D eigenvalue weighted by Crippen LogP contribution is 2.35. The predicted molar refractivity (Wildman–Crippen MR) is 129 cm³/mol. The predicted octanol–water partition coefficient (Wildman–Crippen LogP) is 4.55. The lowest BCUT2D eigenvalue weighted by atomic mass is 10.0. The van der Waals surface area contributed by atoms with Crippen molar-refractivity contribution in [3.63, 3.8) is 0 Å². The van der Waals surface area contributed by atoms with Crippen molar-refractivity contribution in [1.82, 2.24) is 4.57 Å². The van der Waals surface area contributed by atoms with Crippen molar-refractivity contribution in [1.29, 1.82) is 0 Å². The van der Waals surface area contributed by atoms with Gasteiger partial charge in [0.15, 0.2) is 0 Å². The van der Waals surface area contributed by atoms with Gasteiger partial charge in [-0.2, -0.15) is 0 Å². The molecule has 0 saturated carbocycles. The van der Waals surface area contributed by atoms with E-state index in [4.69, 9.17) is 26.8 Å². The molecule has 2 N–H and O–H groups in total. The van der Waals surface area contributed by atoms with E-state index in [0.29, 0.717) is 38.5 Å². The highest BCUT2D eigenvalue weighted by molar-refractivity contribution is 6.30. The number of nitrogens with two attached hydrogens (primary N) is 1. The first-order chi connectivity index (χ1) is 16.3. The molecule has 0 bridgehead atoms. The second kappa shape index (κ2) is 9.41. The first-order valence-corrected chi connectivity index (χ1v) is 10.8. The van der Waals surface area contributed by atoms with Gasteiger partial charge in [0, 0.05) is 21.7 Å². The van der Waals surface area contributed by atoms with Crippen LogP contribution in [0, 0.1) is 6.92 Å². The minimum atomic E-state index is -0.740. The molecule has 0 aliphatic carbocycles. The van der Waals surface area contributed by atoms with E-state index in [-0.39, 0.29) is 23.6 Å². The molecule has 4 rings (SSSR count). The van der Waals surface area contributed by atoms with E-state index in [9.17, 15) is 14.4 Å². The summed E-state index contributed by atoms with van der Waals surface area (Å²) in [5.74, 6) is -1.00. The van der Waals surface area contributed by atoms with Gasteiger partial charge in [0.25, 0.3) is 11.8 Å². The van der Waals surface area contributed by atoms with Gasteiger partial charge in [0.1, 0.15) is 11.5 Å². The smallest absolute Gasteiger partial charge is 0.315 e. The molecule has 34 heavy (non-hydrogen) atoms. The molecule has 0 fully saturated rings. The van der Waals surface area contributed by atoms with Gasteiger partial charge in [-0.15, -0.1) is 0 Å². The summed E-state index contributed by atoms with van der Waals surface area (Å²) in [6, 6.07) is 18.3. The van der Waals surface area contributed by atoms with Crippen LogP contribution in [0.4, 0.5) is 0 Å². The maximum atomic E-state index is 13.5. The van der Waals surface area contributed by atoms with Gasteiger partial charge >= 0.3 is 5.97 Å². The zero-order chi connectivity index (χ0) is 24.4. The number of hydrogen-bond donors (Lipinski definition) is 1. The number of para-hydroxylation sites is 1. The van der Waals surface area contributed by atoms with Gasteiger partial charge < -0.3 is 15.2 Å². The first kappa shape index (κ1) is 23.1. The number of carbonyl (C=O) groups is 3. The lowest BCUT2D eigenvalue weighted by Gasteiger charge is -2.10. The number of amides is 1. The highest BCUT2D eigenvalue weighted by atomic mass is 35.5. The molecule has 0 atom stereocenters. The number of hydrogen-bond acceptors (Lipinski definition) is 5. The number of rotatable bonds is 6. The van der Waals surface area contributed by atoms with E-state index in [0.717, 1.165) is 0 Å². The van der Waals surface area contributed by atoms with Gasteiger partial charge in [-0.05, 0) is 61.0 Å². The Kier molecular flexibility index (Phi) is 6.38. The Labute approximate surface area is 200 Å². The van der Waals surface area contributed by atoms with Crippen molar-refractivity contribution in [3.8, 4) is 11.5 Å². The Balaban J connectivity index is 1.90. The summed E-state index contributed by atoms with van der Waals surface area (Å²) in [6.45, 7) is 1.70. The zero-order valence-corrected chi connectivity index (χ0v) is 19.3. The van der Waals surface area contributed by atoms with Crippen LogP contribution in [-0.2, 0) is 11.2 Å². The van der Waals surface area contributed by atoms with E-state index in [1.807, 2.05) is 6.07 Å². The topological polar surface area (TPSA) is 101 Å². The van der Waals surface area contributed by atoms with Crippen LogP contribution in [0.3, 0.4) is 0 Å². The van der Waals surface area contributed by atoms with Crippen molar-refractivity contribution in [2.24, 2.45) is 5.73 Å². The van der Waals surface area contributed by atoms with E-state index in [1.165, 1.54) is 11.7 Å². The first-order valence-electron chi connectivity index (χ1n) is 10.4. The Hall–Kier alpha value is -4.10. The number of aromatic nitrogens is 1. The third-order valence-electron chi connectivity index (χ3n) is 5.52. The molecule has 0 aliphatic heterocycles. The SMILES string of the molecule is COc1ccc2c(c(CC(=O)Oc3ccccc3)c(C)n2C(=O)c2ccc(Cl)cc2)c1C(N)=O. The van der Waals surface area contributed by atoms with Crippen molar-refractivity contribution in [2.75, 3.05) is 7.11 Å². The average molecular weight is 477 g/mol. The summed E-state index contributed by atoms with van der Waals surface area (Å²) in [4.78, 5) is 38.7. The molecule has 8 heteroatoms. The second-order valence-corrected chi connectivity index (χ2v) is 8.01. The third kappa shape index (κ3) is 4.25. The van der Waals surface area contributed by atoms with Crippen LogP contribution in [0.2, 0.25) is 5.02 Å². The summed E-state index contributed by atoms with van der Waals surface area (Å²) in [5, 5.41) is 0.868. The second-order valence-electron chi connectivity index (χ2n) is 7.58. The van der Waals surface area contributed by atoms with Gasteiger partial charge in [-0.25, -0.2) is 0 Å². The summed E-state index contributed by atoms with van der Waals surface area (Å²) >= 11 is 5.97. The molecule has 7 nitrogen and oxygen atoms in total. The number of methoxy groups -OCH3 is 1. The molecule has 3 aromatic carbocycles. The fourth-order valence-electron chi connectivity index (χ4n) is 3.98. The monoisotopic (exact) mass is 476 g/mol. The summed E-state index contributed by atoms with van der Waals surface area (Å²) in [6.07, 6.45) is -0.189. The van der Waals surface area contributed by atoms with Crippen LogP contribution in [0.15, 0.2) is 66.7 Å². The summed E-state index contributed by atoms with van der Waals surface area (Å²) in [5.41, 5.74) is 7.54. The number of fused-ring (bicyclic) bond motifs is 1. The lowest BCUT2D eigenvalue weighted by molar-refractivity contribution is -0.133. The largest absolute Gasteiger partial charge is 0.496 e. The molecule has 0 spiro atoms. The molecule has 0 unspecified atom stereocenters. The van der Waals surface area contributed by atoms with Gasteiger partial charge in [-0.1, -0.05) is 29.8 Å². The molecule has 1 heterocycles. The summed E-state index contributed by atoms with van der Waals surface area (Å²) in [7, 11) is 1.42. The van der Waals surface area contributed by atoms with E-state index in [1.54, 1.807) is 67.6 Å². The van der Waals surface area contributed by atoms with Crippen LogP contribution in [0.25, 0.3) is 10.9 Å². The number of primary amides is 1. The number of esters is 1. The molecule has 0 aliphatic rings. The number of carbonyl (C=O) groups excluding carboxylic acids is 3. The van der Waals surface area contributed by atoms with Crippen LogP contribution in [0.5, 0.6) is 11.5 Å². The number of halogens is 1. The van der Waals surface area contributed by atoms with Crippen LogP contribution in [-0.4, -0.2) is 29.5 Å². The minimum absolute atomic E-state index is 0.0910. The molecule has 1 aromatic heterocycles. The Bertz CT molecular complexity index is 1410. The standard InChI is InChI=1S/C26H21ClN2O5/c1-15-19(14-22(30)34-18-6-4-3-5-7-18)23-20(12-13-21(33-2)24(23)25(28)31)29(15)26(32)16-8-10-17(27)11-9-16/h3-13H,14H2,1-2H3,(H2,28,31). The fraction of sp³-hybridized carbons (Fsp3) is 0.115. The van der Waals surface area contributed by atoms with Gasteiger partial charge in [0.05, 0.1) is 24.6 Å². The quantitative estimate of drug-likeness (QED) is 0.325. The van der Waals surface area contributed by atoms with Crippen molar-refractivity contribution in [2.45, 2.75) is 13.3 Å². The van der Waals surface area contributed by atoms with E-state index >= 15 is 0 Å². The fourth-order valence-corrected chi connectivity index (χ4v) is 4.10. The van der Waals surface area contributed by atoms with Crippen LogP contribution < -0.4 is 15.2 Å². The van der Waals surface area contributed by atoms with Crippen LogP contribution >= 0.6 is 11.6 Å². The Morgan fingerprint density at radius 2 is 1.65 bits per heavy atom. The molecule has 172 valence electrons. The van der Waals surface area contributed by atoms with E-state index in [2.05, 4.69) is 0 Å². The summed E-state index contributed by atoms with van der Waals surface area (Å²) < 4.78 is 12.3. The highest BCUT2D eigenvalue weighted by Gasteiger charge is 2.27. The number of ether oxygens (including phenoxy) is 2. The zero-order valence-electron chi connectivity index (χ0n) is 18.5. The van der Waals surface area contributed by atoms with Crippen molar-refractivity contribution in [3.05, 3.63) is 94.1 Å². The van der Waals surface area contributed by atoms with Gasteiger partial charge in [-0.3, -0.25) is 19.0 Å². The average Bonchev–Trinajstić information content (AvgIpc) is 3.09. The van der Waals surface area contributed by atoms with E-state index < -0.39 is 11.9 Å². The number of nitrogens with zero attached hydrogens (tertiary/aromatic N) is 1. The minimum Gasteiger partial charge on any atom is -0.496 e. The molecular formula is C26H21ClN2O5. The van der Waals surface area contributed by atoms with Crippen molar-refractivity contribution >= 4 is 40.3 Å². The number of benzene rings is 3. The van der Waals surface area contributed by atoms with Gasteiger partial charge in [0.2, 0.25) is 0 Å². The molecular weight excluding hydrogens is 456 g/mol. The Morgan fingerprint density at radius 3 is 2.26 bits per heavy atom. The third-order valence-corrected chi connectivity index (χ3v) is 5.77. The maximum absolute atomic E-state index is 13.5. The molecule has 0 radical (unpaired) electrons. The molecule has 4 aromatic rings. The molecule has 1 amide bonds. The van der Waals surface area contributed by atoms with Crippen molar-refractivity contribution < 1.29 is 23.9 Å².